The number of aliphatic hydroxyl groups excluding tert-OH is 1. The number of rotatable bonds is 6. The second-order valence-electron chi connectivity index (χ2n) is 5.84. The fraction of sp³-hybridized carbons (Fsp3) is 0.812. The van der Waals surface area contributed by atoms with Crippen molar-refractivity contribution in [2.24, 2.45) is 5.92 Å². The molecule has 2 atom stereocenters. The highest BCUT2D eigenvalue weighted by molar-refractivity contribution is 7.11. The fourth-order valence-corrected chi connectivity index (χ4v) is 4.12. The summed E-state index contributed by atoms with van der Waals surface area (Å²) in [6, 6.07) is 0. The summed E-state index contributed by atoms with van der Waals surface area (Å²) >= 11 is 1.70. The lowest BCUT2D eigenvalue weighted by Gasteiger charge is -2.33. The third kappa shape index (κ3) is 4.03. The summed E-state index contributed by atoms with van der Waals surface area (Å²) in [7, 11) is 0. The number of nitrogens with zero attached hydrogens (tertiary/aromatic N) is 1. The van der Waals surface area contributed by atoms with Gasteiger partial charge in [-0.15, -0.1) is 11.3 Å². The molecule has 0 amide bonds. The fourth-order valence-electron chi connectivity index (χ4n) is 3.14. The highest BCUT2D eigenvalue weighted by Gasteiger charge is 2.30. The average molecular weight is 297 g/mol. The molecule has 3 nitrogen and oxygen atoms in total. The van der Waals surface area contributed by atoms with Gasteiger partial charge in [-0.1, -0.05) is 19.3 Å². The van der Waals surface area contributed by atoms with Crippen LogP contribution < -0.4 is 0 Å². The van der Waals surface area contributed by atoms with Gasteiger partial charge in [0.15, 0.2) is 0 Å². The number of hydrogen-bond acceptors (Lipinski definition) is 4. The Balaban J connectivity index is 2.00. The van der Waals surface area contributed by atoms with E-state index >= 15 is 0 Å². The van der Waals surface area contributed by atoms with Gasteiger partial charge in [-0.3, -0.25) is 0 Å². The van der Waals surface area contributed by atoms with Crippen LogP contribution in [0.5, 0.6) is 0 Å². The molecular weight excluding hydrogens is 270 g/mol. The standard InChI is InChI=1S/C16H27NO2S/c1-4-19-16(13-8-6-5-7-9-13)14(18)10-15-17-11(2)12(3)20-15/h13-14,16,18H,4-10H2,1-3H3. The van der Waals surface area contributed by atoms with Gasteiger partial charge in [-0.25, -0.2) is 4.98 Å². The van der Waals surface area contributed by atoms with Gasteiger partial charge in [-0.05, 0) is 39.5 Å². The molecule has 4 heteroatoms. The largest absolute Gasteiger partial charge is 0.390 e. The molecule has 0 bridgehead atoms. The Hall–Kier alpha value is -0.450. The molecule has 1 aromatic rings. The predicted octanol–water partition coefficient (Wildman–Crippen LogP) is 3.65. The molecule has 2 rings (SSSR count). The Kier molecular flexibility index (Phi) is 6.00. The average Bonchev–Trinajstić information content (AvgIpc) is 2.75. The van der Waals surface area contributed by atoms with Gasteiger partial charge < -0.3 is 9.84 Å². The summed E-state index contributed by atoms with van der Waals surface area (Å²) in [4.78, 5) is 5.79. The molecule has 2 unspecified atom stereocenters. The Morgan fingerprint density at radius 3 is 2.55 bits per heavy atom. The normalized spacial score (nSPS) is 20.0. The number of aromatic nitrogens is 1. The molecule has 114 valence electrons. The van der Waals surface area contributed by atoms with Crippen molar-refractivity contribution in [3.8, 4) is 0 Å². The monoisotopic (exact) mass is 297 g/mol. The van der Waals surface area contributed by atoms with Gasteiger partial charge >= 0.3 is 0 Å². The molecule has 1 aliphatic carbocycles. The van der Waals surface area contributed by atoms with Crippen LogP contribution in [0.15, 0.2) is 0 Å². The third-order valence-corrected chi connectivity index (χ3v) is 5.40. The first kappa shape index (κ1) is 15.9. The van der Waals surface area contributed by atoms with E-state index in [4.69, 9.17) is 4.74 Å². The Morgan fingerprint density at radius 2 is 2.00 bits per heavy atom. The van der Waals surface area contributed by atoms with Crippen molar-refractivity contribution in [1.82, 2.24) is 4.98 Å². The lowest BCUT2D eigenvalue weighted by molar-refractivity contribution is -0.0715. The molecule has 0 saturated heterocycles. The van der Waals surface area contributed by atoms with Crippen LogP contribution in [0, 0.1) is 19.8 Å². The van der Waals surface area contributed by atoms with Crippen molar-refractivity contribution in [1.29, 1.82) is 0 Å². The molecule has 1 aliphatic rings. The zero-order chi connectivity index (χ0) is 14.5. The Morgan fingerprint density at radius 1 is 1.30 bits per heavy atom. The maximum absolute atomic E-state index is 10.6. The third-order valence-electron chi connectivity index (χ3n) is 4.31. The summed E-state index contributed by atoms with van der Waals surface area (Å²) in [5.41, 5.74) is 1.09. The molecule has 1 fully saturated rings. The maximum atomic E-state index is 10.6. The quantitative estimate of drug-likeness (QED) is 0.871. The molecule has 20 heavy (non-hydrogen) atoms. The predicted molar refractivity (Wildman–Crippen MR) is 83.3 cm³/mol. The van der Waals surface area contributed by atoms with E-state index in [9.17, 15) is 5.11 Å². The molecular formula is C16H27NO2S. The summed E-state index contributed by atoms with van der Waals surface area (Å²) in [5, 5.41) is 11.6. The molecule has 0 spiro atoms. The lowest BCUT2D eigenvalue weighted by atomic mass is 9.82. The molecule has 1 saturated carbocycles. The van der Waals surface area contributed by atoms with Crippen LogP contribution in [-0.4, -0.2) is 28.9 Å². The number of ether oxygens (including phenoxy) is 1. The van der Waals surface area contributed by atoms with Crippen molar-refractivity contribution in [2.45, 2.75) is 71.5 Å². The highest BCUT2D eigenvalue weighted by Crippen LogP contribution is 2.31. The van der Waals surface area contributed by atoms with E-state index in [0.717, 1.165) is 10.7 Å². The van der Waals surface area contributed by atoms with E-state index in [1.54, 1.807) is 11.3 Å². The van der Waals surface area contributed by atoms with Gasteiger partial charge in [0.2, 0.25) is 0 Å². The second kappa shape index (κ2) is 7.53. The summed E-state index contributed by atoms with van der Waals surface area (Å²) < 4.78 is 5.88. The summed E-state index contributed by atoms with van der Waals surface area (Å²) in [6.45, 7) is 6.81. The molecule has 0 aliphatic heterocycles. The number of hydrogen-bond donors (Lipinski definition) is 1. The lowest BCUT2D eigenvalue weighted by Crippen LogP contribution is -2.38. The SMILES string of the molecule is CCOC(C(O)Cc1nc(C)c(C)s1)C1CCCCC1. The van der Waals surface area contributed by atoms with Crippen molar-refractivity contribution in [2.75, 3.05) is 6.61 Å². The number of aliphatic hydroxyl groups is 1. The van der Waals surface area contributed by atoms with Crippen LogP contribution in [0.4, 0.5) is 0 Å². The van der Waals surface area contributed by atoms with Gasteiger partial charge in [0.05, 0.1) is 22.9 Å². The van der Waals surface area contributed by atoms with Crippen molar-refractivity contribution >= 4 is 11.3 Å². The van der Waals surface area contributed by atoms with Crippen molar-refractivity contribution < 1.29 is 9.84 Å². The summed E-state index contributed by atoms with van der Waals surface area (Å²) in [5.74, 6) is 0.515. The minimum Gasteiger partial charge on any atom is -0.390 e. The number of aryl methyl sites for hydroxylation is 2. The van der Waals surface area contributed by atoms with Crippen LogP contribution in [0.3, 0.4) is 0 Å². The van der Waals surface area contributed by atoms with Crippen LogP contribution in [-0.2, 0) is 11.2 Å². The van der Waals surface area contributed by atoms with Crippen molar-refractivity contribution in [3.05, 3.63) is 15.6 Å². The smallest absolute Gasteiger partial charge is 0.0957 e. The maximum Gasteiger partial charge on any atom is 0.0957 e. The van der Waals surface area contributed by atoms with E-state index in [0.29, 0.717) is 18.9 Å². The van der Waals surface area contributed by atoms with Gasteiger partial charge in [0.1, 0.15) is 0 Å². The Labute approximate surface area is 126 Å². The molecule has 0 radical (unpaired) electrons. The minimum atomic E-state index is -0.428. The topological polar surface area (TPSA) is 42.4 Å². The van der Waals surface area contributed by atoms with Crippen molar-refractivity contribution in [3.63, 3.8) is 0 Å². The first-order chi connectivity index (χ1) is 9.61. The zero-order valence-electron chi connectivity index (χ0n) is 12.9. The zero-order valence-corrected chi connectivity index (χ0v) is 13.7. The first-order valence-electron chi connectivity index (χ1n) is 7.84. The summed E-state index contributed by atoms with van der Waals surface area (Å²) in [6.07, 6.45) is 6.44. The molecule has 1 aromatic heterocycles. The van der Waals surface area contributed by atoms with Crippen LogP contribution in [0.2, 0.25) is 0 Å². The van der Waals surface area contributed by atoms with Crippen LogP contribution >= 0.6 is 11.3 Å². The molecule has 0 aromatic carbocycles. The Bertz CT molecular complexity index is 393. The van der Waals surface area contributed by atoms with E-state index < -0.39 is 6.10 Å². The van der Waals surface area contributed by atoms with Crippen LogP contribution in [0.1, 0.15) is 54.6 Å². The van der Waals surface area contributed by atoms with Gasteiger partial charge in [-0.2, -0.15) is 0 Å². The van der Waals surface area contributed by atoms with Gasteiger partial charge in [0, 0.05) is 17.9 Å². The number of thiazole rings is 1. The van der Waals surface area contributed by atoms with E-state index in [1.165, 1.54) is 37.0 Å². The second-order valence-corrected chi connectivity index (χ2v) is 7.13. The highest BCUT2D eigenvalue weighted by atomic mass is 32.1. The van der Waals surface area contributed by atoms with E-state index in [2.05, 4.69) is 11.9 Å². The minimum absolute atomic E-state index is 0.0233. The van der Waals surface area contributed by atoms with Crippen LogP contribution in [0.25, 0.3) is 0 Å². The van der Waals surface area contributed by atoms with E-state index in [1.807, 2.05) is 13.8 Å². The first-order valence-corrected chi connectivity index (χ1v) is 8.66. The van der Waals surface area contributed by atoms with E-state index in [-0.39, 0.29) is 6.10 Å². The van der Waals surface area contributed by atoms with Gasteiger partial charge in [0.25, 0.3) is 0 Å². The molecule has 1 N–H and O–H groups in total. The molecule has 1 heterocycles.